The molecule has 5 nitrogen and oxygen atoms in total. The number of aliphatic carboxylic acids is 1. The van der Waals surface area contributed by atoms with E-state index in [9.17, 15) is 4.79 Å². The van der Waals surface area contributed by atoms with Gasteiger partial charge in [-0.3, -0.25) is 9.89 Å². The zero-order chi connectivity index (χ0) is 9.97. The first-order valence-electron chi connectivity index (χ1n) is 4.46. The van der Waals surface area contributed by atoms with Gasteiger partial charge in [-0.05, 0) is 12.2 Å². The molecule has 1 aromatic heterocycles. The number of nitrogens with one attached hydrogen (secondary N) is 1. The molecule has 0 radical (unpaired) electrons. The Balaban J connectivity index is 2.05. The van der Waals surface area contributed by atoms with E-state index in [4.69, 9.17) is 5.11 Å². The van der Waals surface area contributed by atoms with Gasteiger partial charge in [0, 0.05) is 11.7 Å². The van der Waals surface area contributed by atoms with Gasteiger partial charge in [0.05, 0.1) is 0 Å². The molecule has 1 unspecified atom stereocenters. The van der Waals surface area contributed by atoms with E-state index in [2.05, 4.69) is 15.2 Å². The summed E-state index contributed by atoms with van der Waals surface area (Å²) in [5, 5.41) is 15.3. The minimum Gasteiger partial charge on any atom is -0.481 e. The van der Waals surface area contributed by atoms with Crippen LogP contribution >= 0.6 is 11.8 Å². The van der Waals surface area contributed by atoms with Gasteiger partial charge in [-0.1, -0.05) is 0 Å². The summed E-state index contributed by atoms with van der Waals surface area (Å²) in [6.07, 6.45) is 1.02. The summed E-state index contributed by atoms with van der Waals surface area (Å²) in [7, 11) is 0. The number of aromatic nitrogens is 3. The van der Waals surface area contributed by atoms with Crippen LogP contribution in [0.15, 0.2) is 0 Å². The predicted octanol–water partition coefficient (Wildman–Crippen LogP) is 0.652. The first kappa shape index (κ1) is 9.51. The monoisotopic (exact) mass is 213 g/mol. The van der Waals surface area contributed by atoms with Gasteiger partial charge in [0.2, 0.25) is 0 Å². The largest absolute Gasteiger partial charge is 0.481 e. The fourth-order valence-electron chi connectivity index (χ4n) is 1.45. The van der Waals surface area contributed by atoms with E-state index in [-0.39, 0.29) is 6.42 Å². The number of hydrogen-bond acceptors (Lipinski definition) is 4. The molecule has 1 fully saturated rings. The second-order valence-electron chi connectivity index (χ2n) is 3.27. The first-order chi connectivity index (χ1) is 6.75. The van der Waals surface area contributed by atoms with Crippen LogP contribution in [-0.4, -0.2) is 37.8 Å². The van der Waals surface area contributed by atoms with Crippen LogP contribution in [0.2, 0.25) is 0 Å². The lowest BCUT2D eigenvalue weighted by Gasteiger charge is -1.99. The van der Waals surface area contributed by atoms with Crippen LogP contribution in [0.3, 0.4) is 0 Å². The van der Waals surface area contributed by atoms with Crippen molar-refractivity contribution in [1.82, 2.24) is 15.2 Å². The molecule has 0 aromatic carbocycles. The molecular formula is C8H11N3O2S. The maximum absolute atomic E-state index is 10.4. The highest BCUT2D eigenvalue weighted by molar-refractivity contribution is 7.99. The minimum atomic E-state index is -0.881. The molecule has 6 heteroatoms. The molecule has 2 rings (SSSR count). The van der Waals surface area contributed by atoms with Gasteiger partial charge < -0.3 is 5.11 Å². The molecule has 2 N–H and O–H groups in total. The summed E-state index contributed by atoms with van der Waals surface area (Å²) >= 11 is 1.89. The maximum Gasteiger partial charge on any atom is 0.311 e. The predicted molar refractivity (Wildman–Crippen MR) is 52.4 cm³/mol. The summed E-state index contributed by atoms with van der Waals surface area (Å²) in [5.41, 5.74) is 0. The summed E-state index contributed by atoms with van der Waals surface area (Å²) in [5.74, 6) is 2.93. The topological polar surface area (TPSA) is 78.9 Å². The van der Waals surface area contributed by atoms with Crippen LogP contribution in [0.1, 0.15) is 24.0 Å². The Hall–Kier alpha value is -1.04. The van der Waals surface area contributed by atoms with E-state index in [1.807, 2.05) is 11.8 Å². The molecule has 14 heavy (non-hydrogen) atoms. The average Bonchev–Trinajstić information content (AvgIpc) is 2.69. The number of aromatic amines is 1. The minimum absolute atomic E-state index is 0.0765. The van der Waals surface area contributed by atoms with Crippen molar-refractivity contribution >= 4 is 17.7 Å². The SMILES string of the molecule is O=C(O)Cc1nc(C2CCSC2)n[nH]1. The van der Waals surface area contributed by atoms with E-state index in [1.165, 1.54) is 0 Å². The van der Waals surface area contributed by atoms with Crippen molar-refractivity contribution in [3.05, 3.63) is 11.6 Å². The number of thioether (sulfide) groups is 1. The third-order valence-electron chi connectivity index (χ3n) is 2.16. The van der Waals surface area contributed by atoms with E-state index in [0.717, 1.165) is 23.8 Å². The number of carboxylic acid groups (broad SMARTS) is 1. The highest BCUT2D eigenvalue weighted by Gasteiger charge is 2.21. The summed E-state index contributed by atoms with van der Waals surface area (Å²) in [4.78, 5) is 14.6. The molecule has 0 saturated carbocycles. The Morgan fingerprint density at radius 1 is 1.71 bits per heavy atom. The fourth-order valence-corrected chi connectivity index (χ4v) is 2.67. The molecule has 1 aliphatic heterocycles. The lowest BCUT2D eigenvalue weighted by atomic mass is 10.1. The summed E-state index contributed by atoms with van der Waals surface area (Å²) < 4.78 is 0. The molecule has 0 amide bonds. The van der Waals surface area contributed by atoms with Gasteiger partial charge in [-0.25, -0.2) is 4.98 Å². The van der Waals surface area contributed by atoms with E-state index < -0.39 is 5.97 Å². The lowest BCUT2D eigenvalue weighted by Crippen LogP contribution is -2.02. The van der Waals surface area contributed by atoms with Crippen molar-refractivity contribution in [3.8, 4) is 0 Å². The van der Waals surface area contributed by atoms with Crippen molar-refractivity contribution in [1.29, 1.82) is 0 Å². The van der Waals surface area contributed by atoms with Crippen molar-refractivity contribution in [2.24, 2.45) is 0 Å². The lowest BCUT2D eigenvalue weighted by molar-refractivity contribution is -0.136. The number of H-pyrrole nitrogens is 1. The van der Waals surface area contributed by atoms with Crippen molar-refractivity contribution in [3.63, 3.8) is 0 Å². The Bertz CT molecular complexity index is 333. The number of hydrogen-bond donors (Lipinski definition) is 2. The number of carbonyl (C=O) groups is 1. The van der Waals surface area contributed by atoms with Crippen LogP contribution in [-0.2, 0) is 11.2 Å². The van der Waals surface area contributed by atoms with Crippen LogP contribution in [0.4, 0.5) is 0 Å². The molecule has 1 saturated heterocycles. The summed E-state index contributed by atoms with van der Waals surface area (Å²) in [6, 6.07) is 0. The van der Waals surface area contributed by atoms with Crippen LogP contribution in [0.5, 0.6) is 0 Å². The fraction of sp³-hybridized carbons (Fsp3) is 0.625. The standard InChI is InChI=1S/C8H11N3O2S/c12-7(13)3-6-9-8(11-10-6)5-1-2-14-4-5/h5H,1-4H2,(H,12,13)(H,9,10,11). The second-order valence-corrected chi connectivity index (χ2v) is 4.42. The van der Waals surface area contributed by atoms with Gasteiger partial charge in [0.25, 0.3) is 0 Å². The molecule has 1 aliphatic rings. The number of nitrogens with zero attached hydrogens (tertiary/aromatic N) is 2. The average molecular weight is 213 g/mol. The van der Waals surface area contributed by atoms with E-state index in [0.29, 0.717) is 11.7 Å². The van der Waals surface area contributed by atoms with Gasteiger partial charge in [0.1, 0.15) is 12.2 Å². The van der Waals surface area contributed by atoms with E-state index in [1.54, 1.807) is 0 Å². The zero-order valence-electron chi connectivity index (χ0n) is 7.56. The van der Waals surface area contributed by atoms with Gasteiger partial charge in [-0.2, -0.15) is 16.9 Å². The Labute approximate surface area is 85.3 Å². The van der Waals surface area contributed by atoms with Gasteiger partial charge in [-0.15, -0.1) is 0 Å². The van der Waals surface area contributed by atoms with Crippen LogP contribution in [0.25, 0.3) is 0 Å². The van der Waals surface area contributed by atoms with Crippen molar-refractivity contribution in [2.75, 3.05) is 11.5 Å². The quantitative estimate of drug-likeness (QED) is 0.770. The molecule has 76 valence electrons. The third-order valence-corrected chi connectivity index (χ3v) is 3.32. The zero-order valence-corrected chi connectivity index (χ0v) is 8.38. The number of rotatable bonds is 3. The van der Waals surface area contributed by atoms with Crippen LogP contribution < -0.4 is 0 Å². The third kappa shape index (κ3) is 2.06. The van der Waals surface area contributed by atoms with Crippen molar-refractivity contribution in [2.45, 2.75) is 18.8 Å². The normalized spacial score (nSPS) is 21.3. The Kier molecular flexibility index (Phi) is 2.72. The molecule has 0 spiro atoms. The molecule has 0 bridgehead atoms. The number of carboxylic acids is 1. The second kappa shape index (κ2) is 4.00. The van der Waals surface area contributed by atoms with Gasteiger partial charge >= 0.3 is 5.97 Å². The summed E-state index contributed by atoms with van der Waals surface area (Å²) in [6.45, 7) is 0. The molecule has 2 heterocycles. The first-order valence-corrected chi connectivity index (χ1v) is 5.62. The Morgan fingerprint density at radius 2 is 2.57 bits per heavy atom. The molecular weight excluding hydrogens is 202 g/mol. The van der Waals surface area contributed by atoms with Gasteiger partial charge in [0.15, 0.2) is 5.82 Å². The van der Waals surface area contributed by atoms with E-state index >= 15 is 0 Å². The smallest absolute Gasteiger partial charge is 0.311 e. The molecule has 1 aromatic rings. The van der Waals surface area contributed by atoms with Crippen LogP contribution in [0, 0.1) is 0 Å². The molecule has 0 aliphatic carbocycles. The highest BCUT2D eigenvalue weighted by atomic mass is 32.2. The Morgan fingerprint density at radius 3 is 3.21 bits per heavy atom. The van der Waals surface area contributed by atoms with Crippen molar-refractivity contribution < 1.29 is 9.90 Å². The molecule has 1 atom stereocenters. The highest BCUT2D eigenvalue weighted by Crippen LogP contribution is 2.30. The maximum atomic E-state index is 10.4.